The van der Waals surface area contributed by atoms with Gasteiger partial charge in [-0.2, -0.15) is 0 Å². The molecule has 7 heteroatoms. The molecule has 2 aromatic rings. The Balaban J connectivity index is 2.05. The summed E-state index contributed by atoms with van der Waals surface area (Å²) >= 11 is 5.91. The molecular formula is C16H17ClN2O4. The third-order valence-corrected chi connectivity index (χ3v) is 3.58. The van der Waals surface area contributed by atoms with E-state index in [1.54, 1.807) is 32.0 Å². The van der Waals surface area contributed by atoms with Crippen molar-refractivity contribution >= 4 is 29.2 Å². The number of benzene rings is 1. The van der Waals surface area contributed by atoms with Crippen LogP contribution >= 0.6 is 11.6 Å². The Labute approximate surface area is 138 Å². The number of halogens is 1. The van der Waals surface area contributed by atoms with Crippen molar-refractivity contribution in [2.45, 2.75) is 33.8 Å². The van der Waals surface area contributed by atoms with Crippen molar-refractivity contribution < 1.29 is 18.8 Å². The summed E-state index contributed by atoms with van der Waals surface area (Å²) in [6.45, 7) is 6.57. The molecule has 0 saturated carbocycles. The molecule has 1 heterocycles. The zero-order chi connectivity index (χ0) is 17.1. The Hall–Kier alpha value is -2.34. The third kappa shape index (κ3) is 3.90. The lowest BCUT2D eigenvalue weighted by atomic mass is 10.2. The standard InChI is InChI=1S/C16H17ClN2O4/c1-8-5-6-12(17)7-13(8)18-15(20)11(4)22-16(21)14-9(2)19-23-10(14)3/h5-7,11H,1-4H3,(H,18,20)/t11-/m1/s1. The second kappa shape index (κ2) is 6.83. The summed E-state index contributed by atoms with van der Waals surface area (Å²) in [5.41, 5.74) is 2.09. The highest BCUT2D eigenvalue weighted by molar-refractivity contribution is 6.31. The van der Waals surface area contributed by atoms with Crippen molar-refractivity contribution in [1.29, 1.82) is 0 Å². The summed E-state index contributed by atoms with van der Waals surface area (Å²) in [5, 5.41) is 6.88. The second-order valence-electron chi connectivity index (χ2n) is 5.20. The van der Waals surface area contributed by atoms with Crippen molar-refractivity contribution in [1.82, 2.24) is 5.16 Å². The van der Waals surface area contributed by atoms with Crippen molar-refractivity contribution in [3.8, 4) is 0 Å². The van der Waals surface area contributed by atoms with E-state index in [1.807, 2.05) is 6.92 Å². The molecule has 0 fully saturated rings. The largest absolute Gasteiger partial charge is 0.449 e. The number of hydrogen-bond acceptors (Lipinski definition) is 5. The first-order valence-electron chi connectivity index (χ1n) is 7.00. The zero-order valence-corrected chi connectivity index (χ0v) is 14.0. The van der Waals surface area contributed by atoms with Crippen LogP contribution in [0.1, 0.15) is 34.3 Å². The predicted octanol–water partition coefficient (Wildman–Crippen LogP) is 3.44. The fourth-order valence-electron chi connectivity index (χ4n) is 2.01. The first-order valence-corrected chi connectivity index (χ1v) is 7.38. The van der Waals surface area contributed by atoms with E-state index in [-0.39, 0.29) is 5.56 Å². The molecule has 0 aliphatic rings. The lowest BCUT2D eigenvalue weighted by Gasteiger charge is -2.14. The molecule has 0 bridgehead atoms. The second-order valence-corrected chi connectivity index (χ2v) is 5.63. The van der Waals surface area contributed by atoms with Gasteiger partial charge in [0.2, 0.25) is 0 Å². The van der Waals surface area contributed by atoms with Gasteiger partial charge in [-0.1, -0.05) is 22.8 Å². The van der Waals surface area contributed by atoms with Gasteiger partial charge in [-0.15, -0.1) is 0 Å². The molecular weight excluding hydrogens is 320 g/mol. The molecule has 1 amide bonds. The van der Waals surface area contributed by atoms with Gasteiger partial charge in [0.05, 0.1) is 5.69 Å². The van der Waals surface area contributed by atoms with E-state index >= 15 is 0 Å². The minimum absolute atomic E-state index is 0.239. The Morgan fingerprint density at radius 1 is 1.30 bits per heavy atom. The number of hydrogen-bond donors (Lipinski definition) is 1. The van der Waals surface area contributed by atoms with E-state index in [2.05, 4.69) is 10.5 Å². The van der Waals surface area contributed by atoms with Crippen molar-refractivity contribution in [3.05, 3.63) is 45.8 Å². The minimum atomic E-state index is -0.977. The fourth-order valence-corrected chi connectivity index (χ4v) is 2.18. The van der Waals surface area contributed by atoms with Gasteiger partial charge in [-0.05, 0) is 45.4 Å². The highest BCUT2D eigenvalue weighted by atomic mass is 35.5. The Kier molecular flexibility index (Phi) is 5.05. The average molecular weight is 337 g/mol. The Bertz CT molecular complexity index is 735. The van der Waals surface area contributed by atoms with E-state index < -0.39 is 18.0 Å². The molecule has 0 radical (unpaired) electrons. The summed E-state index contributed by atoms with van der Waals surface area (Å²) in [6.07, 6.45) is -0.977. The lowest BCUT2D eigenvalue weighted by Crippen LogP contribution is -2.30. The molecule has 0 spiro atoms. The normalized spacial score (nSPS) is 11.9. The quantitative estimate of drug-likeness (QED) is 0.865. The number of esters is 1. The lowest BCUT2D eigenvalue weighted by molar-refractivity contribution is -0.123. The van der Waals surface area contributed by atoms with E-state index in [1.165, 1.54) is 6.92 Å². The third-order valence-electron chi connectivity index (χ3n) is 3.35. The minimum Gasteiger partial charge on any atom is -0.449 e. The van der Waals surface area contributed by atoms with Gasteiger partial charge in [0.1, 0.15) is 11.3 Å². The highest BCUT2D eigenvalue weighted by Gasteiger charge is 2.24. The number of amides is 1. The SMILES string of the molecule is Cc1ccc(Cl)cc1NC(=O)[C@@H](C)OC(=O)c1c(C)noc1C. The topological polar surface area (TPSA) is 81.4 Å². The van der Waals surface area contributed by atoms with Crippen LogP contribution in [0.5, 0.6) is 0 Å². The monoisotopic (exact) mass is 336 g/mol. The average Bonchev–Trinajstić information content (AvgIpc) is 2.81. The van der Waals surface area contributed by atoms with Gasteiger partial charge in [-0.25, -0.2) is 4.79 Å². The van der Waals surface area contributed by atoms with Crippen LogP contribution in [0.3, 0.4) is 0 Å². The first kappa shape index (κ1) is 17.0. The number of aryl methyl sites for hydroxylation is 3. The number of carbonyl (C=O) groups excluding carboxylic acids is 2. The summed E-state index contributed by atoms with van der Waals surface area (Å²) in [4.78, 5) is 24.3. The molecule has 23 heavy (non-hydrogen) atoms. The number of nitrogens with zero attached hydrogens (tertiary/aromatic N) is 1. The molecule has 0 aliphatic carbocycles. The molecule has 1 N–H and O–H groups in total. The van der Waals surface area contributed by atoms with Crippen LogP contribution in [0.15, 0.2) is 22.7 Å². The maximum absolute atomic E-state index is 12.2. The molecule has 2 rings (SSSR count). The fraction of sp³-hybridized carbons (Fsp3) is 0.312. The predicted molar refractivity (Wildman–Crippen MR) is 85.7 cm³/mol. The number of aromatic nitrogens is 1. The summed E-state index contributed by atoms with van der Waals surface area (Å²) < 4.78 is 10.1. The maximum Gasteiger partial charge on any atom is 0.344 e. The van der Waals surface area contributed by atoms with Gasteiger partial charge < -0.3 is 14.6 Å². The molecule has 0 unspecified atom stereocenters. The molecule has 0 aliphatic heterocycles. The number of ether oxygens (including phenoxy) is 1. The molecule has 122 valence electrons. The van der Waals surface area contributed by atoms with Crippen LogP contribution in [0, 0.1) is 20.8 Å². The molecule has 1 aromatic heterocycles. The summed E-state index contributed by atoms with van der Waals surface area (Å²) in [7, 11) is 0. The van der Waals surface area contributed by atoms with Gasteiger partial charge in [0.25, 0.3) is 5.91 Å². The van der Waals surface area contributed by atoms with Crippen LogP contribution in [0.4, 0.5) is 5.69 Å². The van der Waals surface area contributed by atoms with Gasteiger partial charge in [-0.3, -0.25) is 4.79 Å². The molecule has 0 saturated heterocycles. The van der Waals surface area contributed by atoms with Crippen LogP contribution < -0.4 is 5.32 Å². The highest BCUT2D eigenvalue weighted by Crippen LogP contribution is 2.21. The van der Waals surface area contributed by atoms with E-state index in [9.17, 15) is 9.59 Å². The van der Waals surface area contributed by atoms with Gasteiger partial charge in [0, 0.05) is 10.7 Å². The number of anilines is 1. The number of carbonyl (C=O) groups is 2. The summed E-state index contributed by atoms with van der Waals surface area (Å²) in [5.74, 6) is -0.743. The van der Waals surface area contributed by atoms with E-state index in [0.717, 1.165) is 5.56 Å². The van der Waals surface area contributed by atoms with Gasteiger partial charge in [0.15, 0.2) is 6.10 Å². The first-order chi connectivity index (χ1) is 10.8. The molecule has 6 nitrogen and oxygen atoms in total. The van der Waals surface area contributed by atoms with Crippen LogP contribution in [0.2, 0.25) is 5.02 Å². The zero-order valence-electron chi connectivity index (χ0n) is 13.3. The molecule has 1 atom stereocenters. The van der Waals surface area contributed by atoms with Gasteiger partial charge >= 0.3 is 5.97 Å². The van der Waals surface area contributed by atoms with E-state index in [4.69, 9.17) is 20.9 Å². The molecule has 1 aromatic carbocycles. The Morgan fingerprint density at radius 2 is 2.00 bits per heavy atom. The Morgan fingerprint density at radius 3 is 2.61 bits per heavy atom. The van der Waals surface area contributed by atoms with Crippen molar-refractivity contribution in [3.63, 3.8) is 0 Å². The maximum atomic E-state index is 12.2. The smallest absolute Gasteiger partial charge is 0.344 e. The van der Waals surface area contributed by atoms with Crippen molar-refractivity contribution in [2.75, 3.05) is 5.32 Å². The van der Waals surface area contributed by atoms with Crippen molar-refractivity contribution in [2.24, 2.45) is 0 Å². The van der Waals surface area contributed by atoms with Crippen LogP contribution in [-0.4, -0.2) is 23.1 Å². The van der Waals surface area contributed by atoms with E-state index in [0.29, 0.717) is 22.2 Å². The number of rotatable bonds is 4. The van der Waals surface area contributed by atoms with Crippen LogP contribution in [-0.2, 0) is 9.53 Å². The summed E-state index contributed by atoms with van der Waals surface area (Å²) in [6, 6.07) is 5.16. The van der Waals surface area contributed by atoms with Crippen LogP contribution in [0.25, 0.3) is 0 Å². The number of nitrogens with one attached hydrogen (secondary N) is 1.